The SMILES string of the molecule is O=C(CCc1ccccc1)N1CCC(C(=O)N2CCN(S(=O)(=O)c3ccccc3F)CC2)CC1. The number of benzene rings is 2. The van der Waals surface area contributed by atoms with E-state index in [0.717, 1.165) is 11.6 Å². The summed E-state index contributed by atoms with van der Waals surface area (Å²) < 4.78 is 40.8. The van der Waals surface area contributed by atoms with Gasteiger partial charge < -0.3 is 9.80 Å². The molecule has 2 fully saturated rings. The number of sulfonamides is 1. The number of halogens is 1. The van der Waals surface area contributed by atoms with Gasteiger partial charge in [0.15, 0.2) is 0 Å². The van der Waals surface area contributed by atoms with E-state index in [-0.39, 0.29) is 48.8 Å². The summed E-state index contributed by atoms with van der Waals surface area (Å²) in [6.07, 6.45) is 2.40. The summed E-state index contributed by atoms with van der Waals surface area (Å²) >= 11 is 0. The first-order valence-electron chi connectivity index (χ1n) is 11.7. The standard InChI is InChI=1S/C25H30FN3O4S/c26-22-8-4-5-9-23(22)34(32,33)29-18-16-28(17-19-29)25(31)21-12-14-27(15-13-21)24(30)11-10-20-6-2-1-3-7-20/h1-9,21H,10-19H2. The van der Waals surface area contributed by atoms with Crippen LogP contribution in [0.4, 0.5) is 4.39 Å². The Morgan fingerprint density at radius 3 is 2.09 bits per heavy atom. The Hall–Kier alpha value is -2.78. The van der Waals surface area contributed by atoms with E-state index in [4.69, 9.17) is 0 Å². The lowest BCUT2D eigenvalue weighted by Crippen LogP contribution is -2.53. The fourth-order valence-electron chi connectivity index (χ4n) is 4.63. The molecule has 2 heterocycles. The predicted octanol–water partition coefficient (Wildman–Crippen LogP) is 2.53. The summed E-state index contributed by atoms with van der Waals surface area (Å²) in [6, 6.07) is 15.2. The van der Waals surface area contributed by atoms with Crippen LogP contribution in [0.1, 0.15) is 24.8 Å². The highest BCUT2D eigenvalue weighted by atomic mass is 32.2. The molecule has 0 aliphatic carbocycles. The van der Waals surface area contributed by atoms with Crippen LogP contribution >= 0.6 is 0 Å². The summed E-state index contributed by atoms with van der Waals surface area (Å²) in [6.45, 7) is 1.96. The summed E-state index contributed by atoms with van der Waals surface area (Å²) in [5.41, 5.74) is 1.14. The van der Waals surface area contributed by atoms with Gasteiger partial charge in [0.1, 0.15) is 10.7 Å². The number of aryl methyl sites for hydroxylation is 1. The molecule has 2 aromatic carbocycles. The van der Waals surface area contributed by atoms with Gasteiger partial charge in [-0.3, -0.25) is 9.59 Å². The smallest absolute Gasteiger partial charge is 0.246 e. The highest BCUT2D eigenvalue weighted by molar-refractivity contribution is 7.89. The Morgan fingerprint density at radius 2 is 1.44 bits per heavy atom. The largest absolute Gasteiger partial charge is 0.343 e. The van der Waals surface area contributed by atoms with E-state index in [0.29, 0.717) is 38.8 Å². The van der Waals surface area contributed by atoms with Gasteiger partial charge in [-0.2, -0.15) is 4.31 Å². The first kappa shape index (κ1) is 24.3. The molecule has 0 N–H and O–H groups in total. The first-order chi connectivity index (χ1) is 16.4. The second-order valence-electron chi connectivity index (χ2n) is 8.80. The van der Waals surface area contributed by atoms with Gasteiger partial charge in [0.2, 0.25) is 21.8 Å². The van der Waals surface area contributed by atoms with Gasteiger partial charge in [0.25, 0.3) is 0 Å². The number of likely N-dealkylation sites (tertiary alicyclic amines) is 1. The van der Waals surface area contributed by atoms with Gasteiger partial charge in [0, 0.05) is 51.6 Å². The topological polar surface area (TPSA) is 78.0 Å². The minimum atomic E-state index is -3.93. The molecule has 0 unspecified atom stereocenters. The van der Waals surface area contributed by atoms with Crippen molar-refractivity contribution < 1.29 is 22.4 Å². The molecule has 182 valence electrons. The van der Waals surface area contributed by atoms with Gasteiger partial charge in [-0.15, -0.1) is 0 Å². The van der Waals surface area contributed by atoms with Crippen molar-refractivity contribution >= 4 is 21.8 Å². The van der Waals surface area contributed by atoms with Crippen molar-refractivity contribution in [2.75, 3.05) is 39.3 Å². The predicted molar refractivity (Wildman–Crippen MR) is 126 cm³/mol. The lowest BCUT2D eigenvalue weighted by molar-refractivity contribution is -0.141. The molecule has 0 aromatic heterocycles. The molecule has 2 amide bonds. The van der Waals surface area contributed by atoms with Crippen LogP contribution in [-0.4, -0.2) is 73.6 Å². The van der Waals surface area contributed by atoms with Crippen molar-refractivity contribution in [3.8, 4) is 0 Å². The second kappa shape index (κ2) is 10.7. The lowest BCUT2D eigenvalue weighted by Gasteiger charge is -2.38. The monoisotopic (exact) mass is 487 g/mol. The Kier molecular flexibility index (Phi) is 7.63. The maximum absolute atomic E-state index is 14.0. The highest BCUT2D eigenvalue weighted by Gasteiger charge is 2.35. The molecule has 2 saturated heterocycles. The number of rotatable bonds is 6. The fourth-order valence-corrected chi connectivity index (χ4v) is 6.12. The number of carbonyl (C=O) groups is 2. The van der Waals surface area contributed by atoms with E-state index in [2.05, 4.69) is 0 Å². The van der Waals surface area contributed by atoms with Crippen molar-refractivity contribution in [1.29, 1.82) is 0 Å². The third kappa shape index (κ3) is 5.47. The summed E-state index contributed by atoms with van der Waals surface area (Å²) in [4.78, 5) is 28.8. The van der Waals surface area contributed by atoms with Gasteiger partial charge >= 0.3 is 0 Å². The van der Waals surface area contributed by atoms with Gasteiger partial charge in [-0.05, 0) is 37.0 Å². The molecule has 0 atom stereocenters. The van der Waals surface area contributed by atoms with Crippen molar-refractivity contribution in [1.82, 2.24) is 14.1 Å². The summed E-state index contributed by atoms with van der Waals surface area (Å²) in [7, 11) is -3.93. The lowest BCUT2D eigenvalue weighted by atomic mass is 9.94. The highest BCUT2D eigenvalue weighted by Crippen LogP contribution is 2.24. The van der Waals surface area contributed by atoms with E-state index < -0.39 is 15.8 Å². The fraction of sp³-hybridized carbons (Fsp3) is 0.440. The number of carbonyl (C=O) groups excluding carboxylic acids is 2. The average Bonchev–Trinajstić information content (AvgIpc) is 2.88. The van der Waals surface area contributed by atoms with Crippen LogP contribution in [0, 0.1) is 11.7 Å². The van der Waals surface area contributed by atoms with E-state index in [1.54, 1.807) is 4.90 Å². The van der Waals surface area contributed by atoms with Crippen molar-refractivity contribution in [2.45, 2.75) is 30.6 Å². The number of hydrogen-bond donors (Lipinski definition) is 0. The van der Waals surface area contributed by atoms with Gasteiger partial charge in [-0.25, -0.2) is 12.8 Å². The van der Waals surface area contributed by atoms with E-state index >= 15 is 0 Å². The zero-order valence-electron chi connectivity index (χ0n) is 19.1. The maximum atomic E-state index is 14.0. The molecule has 2 aliphatic rings. The zero-order chi connectivity index (χ0) is 24.1. The molecule has 4 rings (SSSR count). The van der Waals surface area contributed by atoms with E-state index in [9.17, 15) is 22.4 Å². The molecule has 0 saturated carbocycles. The van der Waals surface area contributed by atoms with Gasteiger partial charge in [0.05, 0.1) is 0 Å². The number of piperidine rings is 1. The molecule has 2 aliphatic heterocycles. The van der Waals surface area contributed by atoms with E-state index in [1.807, 2.05) is 35.2 Å². The third-order valence-electron chi connectivity index (χ3n) is 6.67. The molecular weight excluding hydrogens is 457 g/mol. The third-order valence-corrected chi connectivity index (χ3v) is 8.60. The molecule has 9 heteroatoms. The molecule has 0 bridgehead atoms. The molecule has 0 radical (unpaired) electrons. The van der Waals surface area contributed by atoms with Crippen molar-refractivity contribution in [2.24, 2.45) is 5.92 Å². The number of nitrogens with zero attached hydrogens (tertiary/aromatic N) is 3. The number of amides is 2. The Bertz CT molecular complexity index is 1110. The average molecular weight is 488 g/mol. The van der Waals surface area contributed by atoms with E-state index in [1.165, 1.54) is 22.5 Å². The Morgan fingerprint density at radius 1 is 0.824 bits per heavy atom. The van der Waals surface area contributed by atoms with Crippen LogP contribution in [0.25, 0.3) is 0 Å². The summed E-state index contributed by atoms with van der Waals surface area (Å²) in [5.74, 6) is -0.806. The second-order valence-corrected chi connectivity index (χ2v) is 10.7. The Balaban J connectivity index is 1.24. The normalized spacial score (nSPS) is 18.1. The van der Waals surface area contributed by atoms with Crippen LogP contribution in [0.15, 0.2) is 59.5 Å². The van der Waals surface area contributed by atoms with Crippen LogP contribution in [0.5, 0.6) is 0 Å². The quantitative estimate of drug-likeness (QED) is 0.628. The molecular formula is C25H30FN3O4S. The van der Waals surface area contributed by atoms with Crippen LogP contribution in [0.2, 0.25) is 0 Å². The van der Waals surface area contributed by atoms with Crippen LogP contribution in [0.3, 0.4) is 0 Å². The van der Waals surface area contributed by atoms with Crippen molar-refractivity contribution in [3.05, 3.63) is 66.0 Å². The van der Waals surface area contributed by atoms with Crippen LogP contribution in [-0.2, 0) is 26.0 Å². The number of hydrogen-bond acceptors (Lipinski definition) is 4. The van der Waals surface area contributed by atoms with Gasteiger partial charge in [-0.1, -0.05) is 42.5 Å². The van der Waals surface area contributed by atoms with Crippen molar-refractivity contribution in [3.63, 3.8) is 0 Å². The molecule has 0 spiro atoms. The maximum Gasteiger partial charge on any atom is 0.246 e. The molecule has 2 aromatic rings. The zero-order valence-corrected chi connectivity index (χ0v) is 19.9. The number of piperazine rings is 1. The molecule has 34 heavy (non-hydrogen) atoms. The minimum absolute atomic E-state index is 0.0133. The molecule has 7 nitrogen and oxygen atoms in total. The van der Waals surface area contributed by atoms with Crippen LogP contribution < -0.4 is 0 Å². The minimum Gasteiger partial charge on any atom is -0.343 e. The summed E-state index contributed by atoms with van der Waals surface area (Å²) in [5, 5.41) is 0. The Labute approximate surface area is 200 Å². The first-order valence-corrected chi connectivity index (χ1v) is 13.2.